The molecule has 5 aromatic rings. The Kier molecular flexibility index (Phi) is 6.97. The molecular formula is C32H28FNO4. The molecule has 0 aliphatic rings. The van der Waals surface area contributed by atoms with Gasteiger partial charge in [0, 0.05) is 35.0 Å². The van der Waals surface area contributed by atoms with E-state index >= 15 is 0 Å². The summed E-state index contributed by atoms with van der Waals surface area (Å²) in [6.07, 6.45) is 3.49. The van der Waals surface area contributed by atoms with Crippen LogP contribution in [0.15, 0.2) is 88.1 Å². The Balaban J connectivity index is 1.63. The Morgan fingerprint density at radius 2 is 1.61 bits per heavy atom. The van der Waals surface area contributed by atoms with E-state index in [1.807, 2.05) is 56.3 Å². The first kappa shape index (κ1) is 25.2. The summed E-state index contributed by atoms with van der Waals surface area (Å²) in [5.41, 5.74) is 5.46. The molecule has 5 nitrogen and oxygen atoms in total. The molecule has 0 bridgehead atoms. The van der Waals surface area contributed by atoms with Crippen molar-refractivity contribution in [3.63, 3.8) is 0 Å². The summed E-state index contributed by atoms with van der Waals surface area (Å²) in [7, 11) is 0. The number of rotatable bonds is 8. The number of benzene rings is 3. The van der Waals surface area contributed by atoms with E-state index in [0.29, 0.717) is 52.3 Å². The molecule has 2 heterocycles. The normalized spacial score (nSPS) is 11.3. The molecule has 0 fully saturated rings. The molecule has 0 unspecified atom stereocenters. The number of carbonyl (C=O) groups is 2. The molecule has 0 radical (unpaired) electrons. The summed E-state index contributed by atoms with van der Waals surface area (Å²) < 4.78 is 24.9. The maximum Gasteiger partial charge on any atom is 0.251 e. The maximum absolute atomic E-state index is 13.5. The van der Waals surface area contributed by atoms with Gasteiger partial charge in [-0.3, -0.25) is 9.59 Å². The SMILES string of the molecule is CCC(=O)c1c(-c2ccc(F)cc2)oc2ccc(-c3ccc(-c4ccoc4)c(C(=O)NCC(C)C)c3)cc12. The van der Waals surface area contributed by atoms with Crippen molar-refractivity contribution in [3.8, 4) is 33.6 Å². The summed E-state index contributed by atoms with van der Waals surface area (Å²) in [6.45, 7) is 6.45. The number of hydrogen-bond acceptors (Lipinski definition) is 4. The lowest BCUT2D eigenvalue weighted by Crippen LogP contribution is -2.27. The van der Waals surface area contributed by atoms with Crippen LogP contribution in [0.2, 0.25) is 0 Å². The Bertz CT molecular complexity index is 1610. The average Bonchev–Trinajstić information content (AvgIpc) is 3.59. The first-order valence-electron chi connectivity index (χ1n) is 12.7. The van der Waals surface area contributed by atoms with E-state index in [-0.39, 0.29) is 17.5 Å². The Hall–Kier alpha value is -4.45. The lowest BCUT2D eigenvalue weighted by atomic mass is 9.94. The molecule has 5 rings (SSSR count). The van der Waals surface area contributed by atoms with Gasteiger partial charge in [0.1, 0.15) is 17.2 Å². The van der Waals surface area contributed by atoms with Crippen molar-refractivity contribution in [2.75, 3.05) is 6.54 Å². The van der Waals surface area contributed by atoms with Crippen LogP contribution in [0.4, 0.5) is 4.39 Å². The van der Waals surface area contributed by atoms with E-state index in [9.17, 15) is 14.0 Å². The summed E-state index contributed by atoms with van der Waals surface area (Å²) >= 11 is 0. The van der Waals surface area contributed by atoms with Gasteiger partial charge in [-0.15, -0.1) is 0 Å². The zero-order valence-electron chi connectivity index (χ0n) is 21.5. The highest BCUT2D eigenvalue weighted by molar-refractivity contribution is 6.13. The molecule has 38 heavy (non-hydrogen) atoms. The number of fused-ring (bicyclic) bond motifs is 1. The second-order valence-electron chi connectivity index (χ2n) is 9.68. The predicted octanol–water partition coefficient (Wildman–Crippen LogP) is 8.14. The number of ketones is 1. The number of hydrogen-bond donors (Lipinski definition) is 1. The van der Waals surface area contributed by atoms with Crippen LogP contribution in [0.3, 0.4) is 0 Å². The van der Waals surface area contributed by atoms with E-state index in [4.69, 9.17) is 8.83 Å². The largest absolute Gasteiger partial charge is 0.472 e. The van der Waals surface area contributed by atoms with E-state index in [0.717, 1.165) is 22.3 Å². The highest BCUT2D eigenvalue weighted by atomic mass is 19.1. The van der Waals surface area contributed by atoms with Gasteiger partial charge in [-0.25, -0.2) is 4.39 Å². The fourth-order valence-corrected chi connectivity index (χ4v) is 4.51. The summed E-state index contributed by atoms with van der Waals surface area (Å²) in [6, 6.07) is 19.1. The van der Waals surface area contributed by atoms with Crippen molar-refractivity contribution in [1.29, 1.82) is 0 Å². The third kappa shape index (κ3) is 4.90. The molecule has 3 aromatic carbocycles. The lowest BCUT2D eigenvalue weighted by Gasteiger charge is -2.13. The first-order valence-corrected chi connectivity index (χ1v) is 12.7. The van der Waals surface area contributed by atoms with Crippen LogP contribution in [0.5, 0.6) is 0 Å². The van der Waals surface area contributed by atoms with Gasteiger partial charge in [-0.05, 0) is 71.1 Å². The summed E-state index contributed by atoms with van der Waals surface area (Å²) in [5.74, 6) is 0.148. The molecule has 192 valence electrons. The number of halogens is 1. The molecular weight excluding hydrogens is 481 g/mol. The minimum Gasteiger partial charge on any atom is -0.472 e. The van der Waals surface area contributed by atoms with Crippen molar-refractivity contribution < 1.29 is 22.8 Å². The van der Waals surface area contributed by atoms with Gasteiger partial charge in [-0.2, -0.15) is 0 Å². The summed E-state index contributed by atoms with van der Waals surface area (Å²) in [4.78, 5) is 26.2. The van der Waals surface area contributed by atoms with Crippen molar-refractivity contribution in [1.82, 2.24) is 5.32 Å². The summed E-state index contributed by atoms with van der Waals surface area (Å²) in [5, 5.41) is 3.69. The third-order valence-corrected chi connectivity index (χ3v) is 6.49. The van der Waals surface area contributed by atoms with Gasteiger partial charge in [0.15, 0.2) is 5.78 Å². The van der Waals surface area contributed by atoms with E-state index in [1.165, 1.54) is 12.1 Å². The van der Waals surface area contributed by atoms with E-state index < -0.39 is 0 Å². The van der Waals surface area contributed by atoms with Gasteiger partial charge >= 0.3 is 0 Å². The minimum absolute atomic E-state index is 0.0655. The van der Waals surface area contributed by atoms with Gasteiger partial charge in [0.05, 0.1) is 18.1 Å². The quantitative estimate of drug-likeness (QED) is 0.214. The second kappa shape index (κ2) is 10.5. The molecule has 0 aliphatic carbocycles. The fourth-order valence-electron chi connectivity index (χ4n) is 4.51. The standard InChI is InChI=1S/C32H28FNO4/c1-4-28(35)30-27-16-22(8-12-29(27)38-31(30)20-5-9-24(33)10-6-20)21-7-11-25(23-13-14-37-18-23)26(15-21)32(36)34-17-19(2)3/h5-16,18-19H,4,17H2,1-3H3,(H,34,36). The van der Waals surface area contributed by atoms with Crippen LogP contribution < -0.4 is 5.32 Å². The highest BCUT2D eigenvalue weighted by Gasteiger charge is 2.22. The monoisotopic (exact) mass is 509 g/mol. The highest BCUT2D eigenvalue weighted by Crippen LogP contribution is 2.38. The van der Waals surface area contributed by atoms with Gasteiger partial charge < -0.3 is 14.2 Å². The van der Waals surface area contributed by atoms with Crippen LogP contribution in [0.25, 0.3) is 44.5 Å². The molecule has 1 N–H and O–H groups in total. The molecule has 1 amide bonds. The minimum atomic E-state index is -0.359. The van der Waals surface area contributed by atoms with Crippen LogP contribution in [0.1, 0.15) is 47.9 Å². The van der Waals surface area contributed by atoms with Crippen LogP contribution in [-0.2, 0) is 0 Å². The molecule has 0 saturated heterocycles. The number of nitrogens with one attached hydrogen (secondary N) is 1. The molecule has 0 atom stereocenters. The van der Waals surface area contributed by atoms with Gasteiger partial charge in [-0.1, -0.05) is 39.0 Å². The Morgan fingerprint density at radius 3 is 2.29 bits per heavy atom. The van der Waals surface area contributed by atoms with Crippen LogP contribution in [-0.4, -0.2) is 18.2 Å². The molecule has 0 saturated carbocycles. The van der Waals surface area contributed by atoms with E-state index in [2.05, 4.69) is 5.32 Å². The van der Waals surface area contributed by atoms with Gasteiger partial charge in [0.25, 0.3) is 5.91 Å². The number of amides is 1. The van der Waals surface area contributed by atoms with Crippen molar-refractivity contribution >= 4 is 22.7 Å². The third-order valence-electron chi connectivity index (χ3n) is 6.49. The Labute approximate surface area is 220 Å². The lowest BCUT2D eigenvalue weighted by molar-refractivity contribution is 0.0948. The van der Waals surface area contributed by atoms with Crippen LogP contribution >= 0.6 is 0 Å². The predicted molar refractivity (Wildman–Crippen MR) is 147 cm³/mol. The number of carbonyl (C=O) groups excluding carboxylic acids is 2. The zero-order chi connectivity index (χ0) is 26.8. The number of furan rings is 2. The first-order chi connectivity index (χ1) is 18.4. The average molecular weight is 510 g/mol. The zero-order valence-corrected chi connectivity index (χ0v) is 21.5. The van der Waals surface area contributed by atoms with Crippen molar-refractivity contribution in [2.24, 2.45) is 5.92 Å². The van der Waals surface area contributed by atoms with Crippen LogP contribution in [0, 0.1) is 11.7 Å². The molecule has 2 aromatic heterocycles. The molecule has 0 spiro atoms. The topological polar surface area (TPSA) is 72.5 Å². The van der Waals surface area contributed by atoms with Gasteiger partial charge in [0.2, 0.25) is 0 Å². The molecule has 0 aliphatic heterocycles. The van der Waals surface area contributed by atoms with Crippen molar-refractivity contribution in [3.05, 3.63) is 96.2 Å². The number of Topliss-reactive ketones (excluding diaryl/α,β-unsaturated/α-hetero) is 1. The maximum atomic E-state index is 13.5. The second-order valence-corrected chi connectivity index (χ2v) is 9.68. The molecule has 6 heteroatoms. The Morgan fingerprint density at radius 1 is 0.895 bits per heavy atom. The van der Waals surface area contributed by atoms with E-state index in [1.54, 1.807) is 31.6 Å². The smallest absolute Gasteiger partial charge is 0.251 e. The van der Waals surface area contributed by atoms with Crippen molar-refractivity contribution in [2.45, 2.75) is 27.2 Å². The fraction of sp³-hybridized carbons (Fsp3) is 0.188.